The predicted octanol–water partition coefficient (Wildman–Crippen LogP) is 6.58. The number of carbonyl (C=O) groups excluding carboxylic acids is 3. The van der Waals surface area contributed by atoms with Gasteiger partial charge in [0.25, 0.3) is 10.1 Å². The van der Waals surface area contributed by atoms with Crippen LogP contribution in [0.3, 0.4) is 0 Å². The van der Waals surface area contributed by atoms with Crippen molar-refractivity contribution in [2.45, 2.75) is 94.1 Å². The van der Waals surface area contributed by atoms with E-state index in [9.17, 15) is 27.9 Å². The fraction of sp³-hybridized carbons (Fsp3) is 0.618. The lowest BCUT2D eigenvalue weighted by molar-refractivity contribution is -0.184. The minimum atomic E-state index is -4.37. The van der Waals surface area contributed by atoms with Crippen molar-refractivity contribution < 1.29 is 41.6 Å². The van der Waals surface area contributed by atoms with Crippen molar-refractivity contribution >= 4 is 51.0 Å². The van der Waals surface area contributed by atoms with E-state index >= 15 is 0 Å². The summed E-state index contributed by atoms with van der Waals surface area (Å²) in [5.41, 5.74) is -3.01. The molecular formula is C34H42Cl2O9S. The molecule has 3 fully saturated rings. The number of rotatable bonds is 10. The maximum atomic E-state index is 14.4. The largest absolute Gasteiger partial charge is 0.509 e. The number of carbonyl (C=O) groups is 3. The summed E-state index contributed by atoms with van der Waals surface area (Å²) in [6.45, 7) is 6.75. The number of hydrogen-bond donors (Lipinski definition) is 1. The minimum Gasteiger partial charge on any atom is -0.434 e. The van der Waals surface area contributed by atoms with Gasteiger partial charge < -0.3 is 14.6 Å². The lowest BCUT2D eigenvalue weighted by Crippen LogP contribution is -2.69. The first-order valence-corrected chi connectivity index (χ1v) is 18.1. The number of ketones is 2. The van der Waals surface area contributed by atoms with Crippen LogP contribution < -0.4 is 0 Å². The Bertz CT molecular complexity index is 1560. The molecule has 8 atom stereocenters. The van der Waals surface area contributed by atoms with Crippen LogP contribution in [-0.4, -0.2) is 61.0 Å². The third kappa shape index (κ3) is 5.46. The van der Waals surface area contributed by atoms with Crippen LogP contribution >= 0.6 is 23.2 Å². The molecule has 0 heterocycles. The zero-order chi connectivity index (χ0) is 33.7. The number of allylic oxidation sites excluding steroid dienone is 4. The Labute approximate surface area is 280 Å². The first-order chi connectivity index (χ1) is 21.6. The molecule has 3 saturated carbocycles. The summed E-state index contributed by atoms with van der Waals surface area (Å²) in [4.78, 5) is 38.6. The summed E-state index contributed by atoms with van der Waals surface area (Å²) in [5, 5.41) is 12.3. The second kappa shape index (κ2) is 12.7. The van der Waals surface area contributed by atoms with Gasteiger partial charge in [0.1, 0.15) is 6.61 Å². The standard InChI is InChI=1S/C34H42Cl2O9S/c1-5-6-7-16-43-30(40)45-34(29(39)20-44-46(41,42)25-11-9-23(35)10-12-25)21(2)17-27-26-13-8-22-18-24(37)14-15-31(22,3)33(26,36)28(38)19-32(27,34)4/h9-12,14-15,18,21,26-28,38H,5-8,13,16-17,19-20H2,1-4H3/t21-,26+,27+,28?,31+,32+,33+,34+/m1/s1. The van der Waals surface area contributed by atoms with Crippen LogP contribution in [0.25, 0.3) is 0 Å². The van der Waals surface area contributed by atoms with E-state index in [2.05, 4.69) is 0 Å². The van der Waals surface area contributed by atoms with Crippen molar-refractivity contribution in [3.63, 3.8) is 0 Å². The van der Waals surface area contributed by atoms with Gasteiger partial charge in [-0.3, -0.25) is 13.8 Å². The topological polar surface area (TPSA) is 133 Å². The predicted molar refractivity (Wildman–Crippen MR) is 172 cm³/mol. The molecule has 0 spiro atoms. The fourth-order valence-electron chi connectivity index (χ4n) is 8.97. The number of aliphatic hydroxyl groups excluding tert-OH is 1. The molecule has 252 valence electrons. The van der Waals surface area contributed by atoms with Gasteiger partial charge in [-0.15, -0.1) is 11.6 Å². The number of hydrogen-bond acceptors (Lipinski definition) is 9. The molecule has 0 radical (unpaired) electrons. The monoisotopic (exact) mass is 696 g/mol. The molecule has 0 bridgehead atoms. The van der Waals surface area contributed by atoms with Gasteiger partial charge >= 0.3 is 6.16 Å². The average molecular weight is 698 g/mol. The Kier molecular flexibility index (Phi) is 9.65. The van der Waals surface area contributed by atoms with Crippen LogP contribution in [0.1, 0.15) is 72.6 Å². The Balaban J connectivity index is 1.52. The van der Waals surface area contributed by atoms with Gasteiger partial charge in [0.2, 0.25) is 5.78 Å². The van der Waals surface area contributed by atoms with Crippen LogP contribution in [0.4, 0.5) is 4.79 Å². The van der Waals surface area contributed by atoms with E-state index in [1.54, 1.807) is 19.1 Å². The average Bonchev–Trinajstić information content (AvgIpc) is 3.21. The third-order valence-electron chi connectivity index (χ3n) is 11.3. The third-order valence-corrected chi connectivity index (χ3v) is 13.7. The van der Waals surface area contributed by atoms with Crippen LogP contribution in [0, 0.1) is 28.6 Å². The van der Waals surface area contributed by atoms with Crippen molar-refractivity contribution in [2.24, 2.45) is 28.6 Å². The van der Waals surface area contributed by atoms with E-state index in [1.165, 1.54) is 30.3 Å². The molecule has 4 aliphatic carbocycles. The molecule has 1 aromatic carbocycles. The Morgan fingerprint density at radius 3 is 2.48 bits per heavy atom. The van der Waals surface area contributed by atoms with Crippen molar-refractivity contribution in [1.82, 2.24) is 0 Å². The SMILES string of the molecule is CCCCCOC(=O)O[C@]1(C(=O)COS(=O)(=O)c2ccc(Cl)cc2)[C@H](C)C[C@H]2[C@@H]3CCC4=CC(=O)C=C[C@]4(C)[C@@]3(Cl)C(O)C[C@@]21C. The van der Waals surface area contributed by atoms with E-state index in [1.807, 2.05) is 20.8 Å². The molecule has 46 heavy (non-hydrogen) atoms. The van der Waals surface area contributed by atoms with Gasteiger partial charge in [0, 0.05) is 21.8 Å². The van der Waals surface area contributed by atoms with E-state index < -0.39 is 62.0 Å². The van der Waals surface area contributed by atoms with E-state index in [4.69, 9.17) is 36.9 Å². The number of Topliss-reactive ketones (excluding diaryl/α,β-unsaturated/α-hetero) is 1. The molecule has 1 aromatic rings. The van der Waals surface area contributed by atoms with Crippen molar-refractivity contribution in [3.05, 3.63) is 53.1 Å². The number of unbranched alkanes of at least 4 members (excludes halogenated alkanes) is 2. The Morgan fingerprint density at radius 2 is 1.80 bits per heavy atom. The van der Waals surface area contributed by atoms with E-state index in [0.29, 0.717) is 30.7 Å². The second-order valence-electron chi connectivity index (χ2n) is 13.6. The highest BCUT2D eigenvalue weighted by molar-refractivity contribution is 7.86. The highest BCUT2D eigenvalue weighted by Crippen LogP contribution is 2.72. The lowest BCUT2D eigenvalue weighted by atomic mass is 9.45. The van der Waals surface area contributed by atoms with Crippen LogP contribution in [-0.2, 0) is 33.4 Å². The van der Waals surface area contributed by atoms with Crippen molar-refractivity contribution in [1.29, 1.82) is 0 Å². The Morgan fingerprint density at radius 1 is 1.11 bits per heavy atom. The molecule has 5 rings (SSSR count). The molecule has 4 aliphatic rings. The van der Waals surface area contributed by atoms with Gasteiger partial charge in [-0.05, 0) is 80.4 Å². The van der Waals surface area contributed by atoms with Crippen molar-refractivity contribution in [3.8, 4) is 0 Å². The first kappa shape index (κ1) is 35.1. The van der Waals surface area contributed by atoms with Crippen LogP contribution in [0.5, 0.6) is 0 Å². The van der Waals surface area contributed by atoms with Crippen LogP contribution in [0.15, 0.2) is 53.0 Å². The van der Waals surface area contributed by atoms with E-state index in [0.717, 1.165) is 18.4 Å². The van der Waals surface area contributed by atoms with Gasteiger partial charge in [-0.1, -0.05) is 63.8 Å². The van der Waals surface area contributed by atoms with Gasteiger partial charge in [0.15, 0.2) is 11.4 Å². The first-order valence-electron chi connectivity index (χ1n) is 15.9. The quantitative estimate of drug-likeness (QED) is 0.125. The minimum absolute atomic E-state index is 0.0224. The number of fused-ring (bicyclic) bond motifs is 5. The molecule has 0 aliphatic heterocycles. The fourth-order valence-corrected chi connectivity index (χ4v) is 10.5. The molecule has 1 N–H and O–H groups in total. The van der Waals surface area contributed by atoms with Gasteiger partial charge in [-0.2, -0.15) is 8.42 Å². The number of aliphatic hydroxyl groups is 1. The van der Waals surface area contributed by atoms with E-state index in [-0.39, 0.29) is 35.5 Å². The summed E-state index contributed by atoms with van der Waals surface area (Å²) in [6, 6.07) is 5.34. The number of ether oxygens (including phenoxy) is 2. The maximum absolute atomic E-state index is 14.4. The van der Waals surface area contributed by atoms with Gasteiger partial charge in [0.05, 0.1) is 22.5 Å². The summed E-state index contributed by atoms with van der Waals surface area (Å²) in [5.74, 6) is -2.10. The van der Waals surface area contributed by atoms with Crippen molar-refractivity contribution in [2.75, 3.05) is 13.2 Å². The summed E-state index contributed by atoms with van der Waals surface area (Å²) < 4.78 is 42.9. The molecule has 0 amide bonds. The highest BCUT2D eigenvalue weighted by atomic mass is 35.5. The second-order valence-corrected chi connectivity index (χ2v) is 16.3. The molecule has 1 unspecified atom stereocenters. The van der Waals surface area contributed by atoms with Gasteiger partial charge in [-0.25, -0.2) is 4.79 Å². The molecule has 9 nitrogen and oxygen atoms in total. The molecular weight excluding hydrogens is 655 g/mol. The Hall–Kier alpha value is -2.24. The zero-order valence-electron chi connectivity index (χ0n) is 26.6. The molecule has 0 saturated heterocycles. The highest BCUT2D eigenvalue weighted by Gasteiger charge is 2.76. The summed E-state index contributed by atoms with van der Waals surface area (Å²) in [7, 11) is -4.37. The maximum Gasteiger partial charge on any atom is 0.509 e. The number of benzene rings is 1. The lowest BCUT2D eigenvalue weighted by Gasteiger charge is -2.64. The summed E-state index contributed by atoms with van der Waals surface area (Å²) >= 11 is 13.5. The van der Waals surface area contributed by atoms with Crippen LogP contribution in [0.2, 0.25) is 5.02 Å². The molecule has 12 heteroatoms. The smallest absolute Gasteiger partial charge is 0.434 e. The molecule has 0 aromatic heterocycles. The summed E-state index contributed by atoms with van der Waals surface area (Å²) in [6.07, 6.45) is 6.53. The number of alkyl halides is 1. The number of halogens is 2. The zero-order valence-corrected chi connectivity index (χ0v) is 28.9. The normalized spacial score (nSPS) is 36.7.